The largest absolute Gasteiger partial charge is 0.478 e. The highest BCUT2D eigenvalue weighted by molar-refractivity contribution is 5.88. The summed E-state index contributed by atoms with van der Waals surface area (Å²) in [5.74, 6) is -0.491. The molecule has 0 aliphatic carbocycles. The van der Waals surface area contributed by atoms with Gasteiger partial charge < -0.3 is 20.4 Å². The fourth-order valence-electron chi connectivity index (χ4n) is 2.20. The van der Waals surface area contributed by atoms with Crippen molar-refractivity contribution in [3.63, 3.8) is 0 Å². The topological polar surface area (TPSA) is 85.7 Å². The molecule has 0 fully saturated rings. The number of likely N-dealkylation sites (N-methyl/N-ethyl adjacent to an activating group) is 1. The molecule has 1 unspecified atom stereocenters. The summed E-state index contributed by atoms with van der Waals surface area (Å²) < 4.78 is 0. The molecule has 0 amide bonds. The molecule has 0 saturated carbocycles. The quantitative estimate of drug-likeness (QED) is 0.673. The van der Waals surface area contributed by atoms with E-state index < -0.39 is 11.6 Å². The lowest BCUT2D eigenvalue weighted by atomic mass is 10.1. The van der Waals surface area contributed by atoms with Crippen LogP contribution in [0.4, 0.5) is 5.82 Å². The van der Waals surface area contributed by atoms with Crippen LogP contribution in [0, 0.1) is 0 Å². The number of hydrogen-bond donors (Lipinski definition) is 3. The monoisotopic (exact) mass is 295 g/mol. The van der Waals surface area contributed by atoms with Gasteiger partial charge in [0.2, 0.25) is 0 Å². The second kappa shape index (κ2) is 7.38. The number of nitrogens with one attached hydrogen (secondary N) is 1. The molecule has 1 heterocycles. The summed E-state index contributed by atoms with van der Waals surface area (Å²) in [7, 11) is 3.77. The highest BCUT2D eigenvalue weighted by atomic mass is 16.4. The molecule has 118 valence electrons. The predicted octanol–water partition coefficient (Wildman–Crippen LogP) is 1.46. The number of anilines is 1. The normalized spacial score (nSPS) is 14.0. The molecular formula is C15H25N3O3. The summed E-state index contributed by atoms with van der Waals surface area (Å²) in [6.07, 6.45) is 1.62. The maximum atomic E-state index is 11.1. The number of aliphatic hydroxyl groups is 1. The van der Waals surface area contributed by atoms with Crippen molar-refractivity contribution in [3.8, 4) is 0 Å². The van der Waals surface area contributed by atoms with Crippen LogP contribution in [0.15, 0.2) is 12.1 Å². The Bertz CT molecular complexity index is 487. The molecule has 1 atom stereocenters. The fourth-order valence-corrected chi connectivity index (χ4v) is 2.20. The Kier molecular flexibility index (Phi) is 6.11. The minimum atomic E-state index is -0.974. The van der Waals surface area contributed by atoms with E-state index in [1.54, 1.807) is 13.0 Å². The summed E-state index contributed by atoms with van der Waals surface area (Å²) in [4.78, 5) is 17.4. The van der Waals surface area contributed by atoms with E-state index in [1.165, 1.54) is 6.07 Å². The first-order chi connectivity index (χ1) is 9.73. The van der Waals surface area contributed by atoms with E-state index in [0.29, 0.717) is 18.9 Å². The maximum absolute atomic E-state index is 11.1. The summed E-state index contributed by atoms with van der Waals surface area (Å²) in [6.45, 7) is 4.55. The van der Waals surface area contributed by atoms with Gasteiger partial charge in [-0.15, -0.1) is 0 Å². The third-order valence-electron chi connectivity index (χ3n) is 2.94. The number of aromatic carboxylic acids is 1. The molecule has 3 N–H and O–H groups in total. The van der Waals surface area contributed by atoms with Crippen LogP contribution in [0.5, 0.6) is 0 Å². The van der Waals surface area contributed by atoms with Crippen molar-refractivity contribution < 1.29 is 15.0 Å². The van der Waals surface area contributed by atoms with Crippen molar-refractivity contribution in [1.82, 2.24) is 9.88 Å². The van der Waals surface area contributed by atoms with Gasteiger partial charge in [-0.3, -0.25) is 0 Å². The van der Waals surface area contributed by atoms with Crippen LogP contribution < -0.4 is 5.32 Å². The molecule has 0 aromatic carbocycles. The summed E-state index contributed by atoms with van der Waals surface area (Å²) in [5, 5.41) is 22.4. The van der Waals surface area contributed by atoms with Gasteiger partial charge in [-0.05, 0) is 39.6 Å². The second-order valence-corrected chi connectivity index (χ2v) is 5.88. The number of carbonyl (C=O) groups is 1. The van der Waals surface area contributed by atoms with Gasteiger partial charge in [0.05, 0.1) is 11.2 Å². The SMILES string of the molecule is CCCc1cc(C(=O)O)cc(NCC(C)(O)CN(C)C)n1. The van der Waals surface area contributed by atoms with E-state index in [9.17, 15) is 9.90 Å². The summed E-state index contributed by atoms with van der Waals surface area (Å²) >= 11 is 0. The molecule has 0 aliphatic heterocycles. The van der Waals surface area contributed by atoms with Gasteiger partial charge >= 0.3 is 5.97 Å². The van der Waals surface area contributed by atoms with Crippen molar-refractivity contribution in [3.05, 3.63) is 23.4 Å². The number of hydrogen-bond acceptors (Lipinski definition) is 5. The van der Waals surface area contributed by atoms with Crippen LogP contribution in [-0.4, -0.2) is 58.9 Å². The third-order valence-corrected chi connectivity index (χ3v) is 2.94. The van der Waals surface area contributed by atoms with E-state index in [1.807, 2.05) is 25.9 Å². The van der Waals surface area contributed by atoms with Crippen LogP contribution in [0.1, 0.15) is 36.3 Å². The van der Waals surface area contributed by atoms with Gasteiger partial charge in [0.15, 0.2) is 0 Å². The lowest BCUT2D eigenvalue weighted by Crippen LogP contribution is -2.43. The Morgan fingerprint density at radius 3 is 2.62 bits per heavy atom. The molecule has 0 radical (unpaired) electrons. The molecule has 0 aliphatic rings. The zero-order valence-electron chi connectivity index (χ0n) is 13.2. The number of carboxylic acid groups (broad SMARTS) is 1. The molecule has 0 spiro atoms. The Morgan fingerprint density at radius 1 is 1.43 bits per heavy atom. The second-order valence-electron chi connectivity index (χ2n) is 5.88. The van der Waals surface area contributed by atoms with Crippen LogP contribution >= 0.6 is 0 Å². The smallest absolute Gasteiger partial charge is 0.335 e. The lowest BCUT2D eigenvalue weighted by molar-refractivity contribution is 0.0459. The highest BCUT2D eigenvalue weighted by Gasteiger charge is 2.21. The molecule has 6 nitrogen and oxygen atoms in total. The van der Waals surface area contributed by atoms with Crippen LogP contribution in [0.3, 0.4) is 0 Å². The van der Waals surface area contributed by atoms with Crippen LogP contribution in [0.2, 0.25) is 0 Å². The summed E-state index contributed by atoms with van der Waals surface area (Å²) in [6, 6.07) is 3.09. The molecular weight excluding hydrogens is 270 g/mol. The van der Waals surface area contributed by atoms with Crippen molar-refractivity contribution in [2.24, 2.45) is 0 Å². The Balaban J connectivity index is 2.84. The molecule has 21 heavy (non-hydrogen) atoms. The average molecular weight is 295 g/mol. The number of pyridine rings is 1. The van der Waals surface area contributed by atoms with Gasteiger partial charge in [-0.2, -0.15) is 0 Å². The molecule has 1 rings (SSSR count). The number of rotatable bonds is 8. The minimum absolute atomic E-state index is 0.211. The van der Waals surface area contributed by atoms with Crippen LogP contribution in [0.25, 0.3) is 0 Å². The van der Waals surface area contributed by atoms with Gasteiger partial charge in [-0.25, -0.2) is 9.78 Å². The number of carboxylic acids is 1. The third kappa shape index (κ3) is 6.10. The Labute approximate surface area is 125 Å². The van der Waals surface area contributed by atoms with E-state index in [4.69, 9.17) is 5.11 Å². The summed E-state index contributed by atoms with van der Waals surface area (Å²) in [5.41, 5.74) is 0.0327. The number of aromatic nitrogens is 1. The van der Waals surface area contributed by atoms with E-state index in [-0.39, 0.29) is 5.56 Å². The Hall–Kier alpha value is -1.66. The van der Waals surface area contributed by atoms with E-state index in [0.717, 1.165) is 18.5 Å². The van der Waals surface area contributed by atoms with E-state index >= 15 is 0 Å². The van der Waals surface area contributed by atoms with Crippen molar-refractivity contribution in [2.45, 2.75) is 32.3 Å². The molecule has 1 aromatic heterocycles. The zero-order valence-corrected chi connectivity index (χ0v) is 13.2. The molecule has 0 saturated heterocycles. The van der Waals surface area contributed by atoms with Crippen LogP contribution in [-0.2, 0) is 6.42 Å². The molecule has 1 aromatic rings. The zero-order chi connectivity index (χ0) is 16.0. The van der Waals surface area contributed by atoms with Crippen molar-refractivity contribution >= 4 is 11.8 Å². The number of aryl methyl sites for hydroxylation is 1. The first-order valence-electron chi connectivity index (χ1n) is 7.09. The molecule has 6 heteroatoms. The van der Waals surface area contributed by atoms with Gasteiger partial charge in [-0.1, -0.05) is 13.3 Å². The predicted molar refractivity (Wildman–Crippen MR) is 82.9 cm³/mol. The van der Waals surface area contributed by atoms with Crippen molar-refractivity contribution in [1.29, 1.82) is 0 Å². The standard InChI is InChI=1S/C15H25N3O3/c1-5-6-12-7-11(14(19)20)8-13(17-12)16-9-15(2,21)10-18(3)4/h7-8,21H,5-6,9-10H2,1-4H3,(H,16,17)(H,19,20). The first kappa shape index (κ1) is 17.4. The first-order valence-corrected chi connectivity index (χ1v) is 7.09. The maximum Gasteiger partial charge on any atom is 0.335 e. The van der Waals surface area contributed by atoms with E-state index in [2.05, 4.69) is 10.3 Å². The van der Waals surface area contributed by atoms with Crippen molar-refractivity contribution in [2.75, 3.05) is 32.5 Å². The van der Waals surface area contributed by atoms with Gasteiger partial charge in [0.25, 0.3) is 0 Å². The van der Waals surface area contributed by atoms with Gasteiger partial charge in [0.1, 0.15) is 5.82 Å². The Morgan fingerprint density at radius 2 is 2.10 bits per heavy atom. The lowest BCUT2D eigenvalue weighted by Gasteiger charge is -2.27. The minimum Gasteiger partial charge on any atom is -0.478 e. The molecule has 0 bridgehead atoms. The average Bonchev–Trinajstić information content (AvgIpc) is 2.35. The van der Waals surface area contributed by atoms with Gasteiger partial charge in [0, 0.05) is 18.8 Å². The highest BCUT2D eigenvalue weighted by Crippen LogP contribution is 2.14. The fraction of sp³-hybridized carbons (Fsp3) is 0.600. The number of nitrogens with zero attached hydrogens (tertiary/aromatic N) is 2.